The molecule has 30 heavy (non-hydrogen) atoms. The second kappa shape index (κ2) is 10.1. The Kier molecular flexibility index (Phi) is 7.03. The van der Waals surface area contributed by atoms with E-state index >= 15 is 0 Å². The van der Waals surface area contributed by atoms with Crippen LogP contribution in [0.15, 0.2) is 54.6 Å². The predicted molar refractivity (Wildman–Crippen MR) is 118 cm³/mol. The van der Waals surface area contributed by atoms with Crippen LogP contribution in [0.4, 0.5) is 0 Å². The zero-order valence-electron chi connectivity index (χ0n) is 17.8. The molecule has 2 aliphatic heterocycles. The third-order valence-corrected chi connectivity index (χ3v) is 6.04. The number of rotatable bonds is 8. The summed E-state index contributed by atoms with van der Waals surface area (Å²) in [6, 6.07) is 18.1. The van der Waals surface area contributed by atoms with Crippen molar-refractivity contribution in [3.63, 3.8) is 0 Å². The minimum atomic E-state index is 0.0547. The molecule has 1 amide bonds. The fourth-order valence-electron chi connectivity index (χ4n) is 4.42. The number of carbonyl (C=O) groups is 1. The zero-order chi connectivity index (χ0) is 20.8. The lowest BCUT2D eigenvalue weighted by Gasteiger charge is -2.22. The highest BCUT2D eigenvalue weighted by molar-refractivity contribution is 5.94. The van der Waals surface area contributed by atoms with E-state index in [9.17, 15) is 4.79 Å². The van der Waals surface area contributed by atoms with Gasteiger partial charge in [-0.3, -0.25) is 9.69 Å². The van der Waals surface area contributed by atoms with Crippen molar-refractivity contribution in [2.24, 2.45) is 5.92 Å². The summed E-state index contributed by atoms with van der Waals surface area (Å²) in [5.41, 5.74) is 2.03. The van der Waals surface area contributed by atoms with Gasteiger partial charge >= 0.3 is 0 Å². The van der Waals surface area contributed by atoms with Crippen molar-refractivity contribution in [2.45, 2.75) is 31.9 Å². The van der Waals surface area contributed by atoms with Gasteiger partial charge in [-0.2, -0.15) is 0 Å². The second-order valence-electron chi connectivity index (χ2n) is 8.53. The fourth-order valence-corrected chi connectivity index (χ4v) is 4.42. The number of likely N-dealkylation sites (tertiary alicyclic amines) is 1. The molecule has 160 valence electrons. The van der Waals surface area contributed by atoms with E-state index in [1.165, 1.54) is 5.56 Å². The maximum Gasteiger partial charge on any atom is 0.253 e. The van der Waals surface area contributed by atoms with Gasteiger partial charge in [0.2, 0.25) is 0 Å². The van der Waals surface area contributed by atoms with Crippen LogP contribution in [0.25, 0.3) is 0 Å². The number of hydrogen-bond donors (Lipinski definition) is 0. The number of amides is 1. The molecule has 0 aromatic heterocycles. The Morgan fingerprint density at radius 3 is 2.83 bits per heavy atom. The lowest BCUT2D eigenvalue weighted by molar-refractivity contribution is 0.0678. The van der Waals surface area contributed by atoms with Gasteiger partial charge in [-0.25, -0.2) is 0 Å². The van der Waals surface area contributed by atoms with Gasteiger partial charge in [0.25, 0.3) is 5.91 Å². The highest BCUT2D eigenvalue weighted by atomic mass is 16.5. The van der Waals surface area contributed by atoms with Crippen LogP contribution in [-0.2, 0) is 11.3 Å². The summed E-state index contributed by atoms with van der Waals surface area (Å²) >= 11 is 0. The van der Waals surface area contributed by atoms with E-state index < -0.39 is 0 Å². The number of hydrogen-bond acceptors (Lipinski definition) is 4. The minimum absolute atomic E-state index is 0.0547. The van der Waals surface area contributed by atoms with Crippen LogP contribution < -0.4 is 4.74 Å². The average Bonchev–Trinajstić information content (AvgIpc) is 3.45. The van der Waals surface area contributed by atoms with Crippen LogP contribution in [0.3, 0.4) is 0 Å². The van der Waals surface area contributed by atoms with Gasteiger partial charge in [0, 0.05) is 38.9 Å². The second-order valence-corrected chi connectivity index (χ2v) is 8.53. The molecule has 5 nitrogen and oxygen atoms in total. The van der Waals surface area contributed by atoms with Crippen LogP contribution in [0.5, 0.6) is 5.75 Å². The van der Waals surface area contributed by atoms with Crippen molar-refractivity contribution in [1.82, 2.24) is 9.80 Å². The van der Waals surface area contributed by atoms with Crippen molar-refractivity contribution < 1.29 is 14.3 Å². The Hall–Kier alpha value is -2.37. The molecule has 2 fully saturated rings. The Labute approximate surface area is 179 Å². The first-order chi connectivity index (χ1) is 14.7. The molecule has 4 rings (SSSR count). The summed E-state index contributed by atoms with van der Waals surface area (Å²) in [4.78, 5) is 17.3. The molecular formula is C25H32N2O3. The van der Waals surface area contributed by atoms with E-state index in [0.717, 1.165) is 57.8 Å². The minimum Gasteiger partial charge on any atom is -0.491 e. The lowest BCUT2D eigenvalue weighted by Crippen LogP contribution is -2.33. The van der Waals surface area contributed by atoms with Crippen molar-refractivity contribution in [2.75, 3.05) is 39.9 Å². The summed E-state index contributed by atoms with van der Waals surface area (Å²) in [5.74, 6) is 1.31. The largest absolute Gasteiger partial charge is 0.491 e. The molecular weight excluding hydrogens is 376 g/mol. The predicted octanol–water partition coefficient (Wildman–Crippen LogP) is 3.84. The van der Waals surface area contributed by atoms with Gasteiger partial charge in [-0.1, -0.05) is 36.4 Å². The Morgan fingerprint density at radius 2 is 2.03 bits per heavy atom. The number of nitrogens with zero attached hydrogens (tertiary/aromatic N) is 2. The molecule has 2 aliphatic rings. The maximum absolute atomic E-state index is 12.9. The van der Waals surface area contributed by atoms with Crippen LogP contribution in [-0.4, -0.2) is 61.7 Å². The van der Waals surface area contributed by atoms with Crippen molar-refractivity contribution in [3.05, 3.63) is 65.7 Å². The van der Waals surface area contributed by atoms with Gasteiger partial charge in [0.1, 0.15) is 12.4 Å². The molecule has 0 spiro atoms. The average molecular weight is 409 g/mol. The molecule has 2 aromatic carbocycles. The molecule has 2 heterocycles. The molecule has 2 atom stereocenters. The van der Waals surface area contributed by atoms with Crippen molar-refractivity contribution in [1.29, 1.82) is 0 Å². The Morgan fingerprint density at radius 1 is 1.17 bits per heavy atom. The smallest absolute Gasteiger partial charge is 0.253 e. The van der Waals surface area contributed by atoms with Gasteiger partial charge in [0.15, 0.2) is 0 Å². The summed E-state index contributed by atoms with van der Waals surface area (Å²) in [6.07, 6.45) is 3.45. The number of ether oxygens (including phenoxy) is 2. The molecule has 0 saturated carbocycles. The summed E-state index contributed by atoms with van der Waals surface area (Å²) in [7, 11) is 1.90. The summed E-state index contributed by atoms with van der Waals surface area (Å²) in [6.45, 7) is 5.27. The highest BCUT2D eigenvalue weighted by Crippen LogP contribution is 2.21. The van der Waals surface area contributed by atoms with Crippen LogP contribution >= 0.6 is 0 Å². The molecule has 0 aliphatic carbocycles. The fraction of sp³-hybridized carbons (Fsp3) is 0.480. The Bertz CT molecular complexity index is 820. The molecule has 2 saturated heterocycles. The summed E-state index contributed by atoms with van der Waals surface area (Å²) in [5, 5.41) is 0. The van der Waals surface area contributed by atoms with E-state index in [1.54, 1.807) is 0 Å². The first-order valence-corrected chi connectivity index (χ1v) is 11.0. The first kappa shape index (κ1) is 20.9. The Balaban J connectivity index is 1.26. The normalized spacial score (nSPS) is 21.6. The first-order valence-electron chi connectivity index (χ1n) is 11.0. The van der Waals surface area contributed by atoms with Crippen LogP contribution in [0.1, 0.15) is 35.2 Å². The van der Waals surface area contributed by atoms with E-state index in [4.69, 9.17) is 9.47 Å². The van der Waals surface area contributed by atoms with Gasteiger partial charge in [-0.15, -0.1) is 0 Å². The standard InChI is InChI=1S/C25H32N2O3/c1-26(16-21-12-13-27(18-21)17-20-7-3-2-4-8-20)25(28)22-9-5-10-23(15-22)30-19-24-11-6-14-29-24/h2-5,7-10,15,21,24H,6,11-14,16-19H2,1H3/t21-,24+/m0/s1. The monoisotopic (exact) mass is 408 g/mol. The van der Waals surface area contributed by atoms with Crippen LogP contribution in [0.2, 0.25) is 0 Å². The molecule has 0 N–H and O–H groups in total. The lowest BCUT2D eigenvalue weighted by atomic mass is 10.1. The van der Waals surface area contributed by atoms with E-state index in [2.05, 4.69) is 35.2 Å². The SMILES string of the molecule is CN(C[C@@H]1CCN(Cc2ccccc2)C1)C(=O)c1cccc(OC[C@H]2CCCO2)c1. The van der Waals surface area contributed by atoms with E-state index in [1.807, 2.05) is 36.2 Å². The van der Waals surface area contributed by atoms with Gasteiger partial charge < -0.3 is 14.4 Å². The van der Waals surface area contributed by atoms with Gasteiger partial charge in [-0.05, 0) is 55.5 Å². The van der Waals surface area contributed by atoms with Crippen LogP contribution in [0, 0.1) is 5.92 Å². The molecule has 0 bridgehead atoms. The quantitative estimate of drug-likeness (QED) is 0.666. The summed E-state index contributed by atoms with van der Waals surface area (Å²) < 4.78 is 11.5. The highest BCUT2D eigenvalue weighted by Gasteiger charge is 2.25. The molecule has 2 aromatic rings. The zero-order valence-corrected chi connectivity index (χ0v) is 17.8. The topological polar surface area (TPSA) is 42.0 Å². The van der Waals surface area contributed by atoms with Gasteiger partial charge in [0.05, 0.1) is 6.10 Å². The number of benzene rings is 2. The number of carbonyl (C=O) groups excluding carboxylic acids is 1. The van der Waals surface area contributed by atoms with E-state index in [0.29, 0.717) is 18.1 Å². The maximum atomic E-state index is 12.9. The molecule has 0 radical (unpaired) electrons. The van der Waals surface area contributed by atoms with Crippen molar-refractivity contribution >= 4 is 5.91 Å². The third kappa shape index (κ3) is 5.61. The third-order valence-electron chi connectivity index (χ3n) is 6.04. The molecule has 0 unspecified atom stereocenters. The van der Waals surface area contributed by atoms with E-state index in [-0.39, 0.29) is 12.0 Å². The molecule has 5 heteroatoms. The van der Waals surface area contributed by atoms with Crippen molar-refractivity contribution in [3.8, 4) is 5.75 Å².